The summed E-state index contributed by atoms with van der Waals surface area (Å²) in [4.78, 5) is 19.2. The van der Waals surface area contributed by atoms with E-state index < -0.39 is 0 Å². The van der Waals surface area contributed by atoms with Gasteiger partial charge in [0.1, 0.15) is 0 Å². The summed E-state index contributed by atoms with van der Waals surface area (Å²) in [5.74, 6) is -0.0313. The lowest BCUT2D eigenvalue weighted by atomic mass is 10.1. The largest absolute Gasteiger partial charge is 0.360 e. The van der Waals surface area contributed by atoms with Crippen LogP contribution in [0.15, 0.2) is 66.9 Å². The van der Waals surface area contributed by atoms with E-state index in [4.69, 9.17) is 0 Å². The van der Waals surface area contributed by atoms with Gasteiger partial charge in [0.05, 0.1) is 11.3 Å². The Morgan fingerprint density at radius 2 is 1.68 bits per heavy atom. The molecule has 4 heteroatoms. The molecule has 0 bridgehead atoms. The van der Waals surface area contributed by atoms with Crippen molar-refractivity contribution in [1.29, 1.82) is 0 Å². The predicted molar refractivity (Wildman–Crippen MR) is 99.8 cm³/mol. The van der Waals surface area contributed by atoms with Gasteiger partial charge in [0.15, 0.2) is 6.17 Å². The number of carbonyl (C=O) groups excluding carboxylic acids is 1. The smallest absolute Gasteiger partial charge is 0.262 e. The summed E-state index contributed by atoms with van der Waals surface area (Å²) in [5.41, 5.74) is 5.60. The fourth-order valence-electron chi connectivity index (χ4n) is 3.39. The number of rotatable bonds is 3. The summed E-state index contributed by atoms with van der Waals surface area (Å²) >= 11 is 0. The Kier molecular flexibility index (Phi) is 3.73. The average molecular weight is 329 g/mol. The van der Waals surface area contributed by atoms with Crippen LogP contribution in [0.5, 0.6) is 0 Å². The summed E-state index contributed by atoms with van der Waals surface area (Å²) in [6, 6.07) is 19.7. The quantitative estimate of drug-likeness (QED) is 0.771. The van der Waals surface area contributed by atoms with Crippen molar-refractivity contribution in [2.45, 2.75) is 20.0 Å². The van der Waals surface area contributed by atoms with Gasteiger partial charge in [0, 0.05) is 17.6 Å². The number of hydrogen-bond acceptors (Lipinski definition) is 3. The molecular weight excluding hydrogens is 310 g/mol. The SMILES string of the molecule is Cc1cc(C)cc(N[C@H]2c3ncccc3C(=O)N2c2ccccc2)c1. The van der Waals surface area contributed by atoms with E-state index in [2.05, 4.69) is 42.3 Å². The minimum Gasteiger partial charge on any atom is -0.360 e. The second-order valence-corrected chi connectivity index (χ2v) is 6.37. The highest BCUT2D eigenvalue weighted by Crippen LogP contribution is 2.36. The molecule has 1 amide bonds. The van der Waals surface area contributed by atoms with Crippen molar-refractivity contribution in [2.24, 2.45) is 0 Å². The van der Waals surface area contributed by atoms with Crippen molar-refractivity contribution >= 4 is 17.3 Å². The van der Waals surface area contributed by atoms with Crippen LogP contribution < -0.4 is 10.2 Å². The third-order valence-corrected chi connectivity index (χ3v) is 4.36. The van der Waals surface area contributed by atoms with Gasteiger partial charge in [0.25, 0.3) is 5.91 Å². The molecule has 0 aliphatic carbocycles. The molecule has 1 aromatic heterocycles. The standard InChI is InChI=1S/C21H19N3O/c1-14-11-15(2)13-16(12-14)23-20-19-18(9-6-10-22-19)21(25)24(20)17-7-4-3-5-8-17/h3-13,20,23H,1-2H3/t20-/m1/s1. The molecule has 0 radical (unpaired) electrons. The van der Waals surface area contributed by atoms with Crippen LogP contribution in [0.4, 0.5) is 11.4 Å². The summed E-state index contributed by atoms with van der Waals surface area (Å²) in [6.45, 7) is 4.14. The van der Waals surface area contributed by atoms with E-state index in [0.29, 0.717) is 5.56 Å². The zero-order valence-corrected chi connectivity index (χ0v) is 14.2. The molecule has 2 heterocycles. The lowest BCUT2D eigenvalue weighted by Crippen LogP contribution is -2.32. The molecule has 0 saturated heterocycles. The average Bonchev–Trinajstić information content (AvgIpc) is 2.87. The molecular formula is C21H19N3O. The molecule has 0 fully saturated rings. The van der Waals surface area contributed by atoms with Gasteiger partial charge in [-0.1, -0.05) is 24.3 Å². The highest BCUT2D eigenvalue weighted by Gasteiger charge is 2.38. The fourth-order valence-corrected chi connectivity index (χ4v) is 3.39. The van der Waals surface area contributed by atoms with Gasteiger partial charge < -0.3 is 5.32 Å². The van der Waals surface area contributed by atoms with Crippen molar-refractivity contribution in [3.05, 3.63) is 89.2 Å². The predicted octanol–water partition coefficient (Wildman–Crippen LogP) is 4.47. The van der Waals surface area contributed by atoms with Crippen LogP contribution in [0.25, 0.3) is 0 Å². The monoisotopic (exact) mass is 329 g/mol. The number of amides is 1. The zero-order valence-electron chi connectivity index (χ0n) is 14.2. The number of fused-ring (bicyclic) bond motifs is 1. The first-order valence-electron chi connectivity index (χ1n) is 8.32. The number of aromatic nitrogens is 1. The van der Waals surface area contributed by atoms with E-state index in [1.807, 2.05) is 36.4 Å². The third-order valence-electron chi connectivity index (χ3n) is 4.36. The highest BCUT2D eigenvalue weighted by atomic mass is 16.2. The maximum Gasteiger partial charge on any atom is 0.262 e. The number of anilines is 2. The Bertz CT molecular complexity index is 917. The van der Waals surface area contributed by atoms with Gasteiger partial charge in [0.2, 0.25) is 0 Å². The number of nitrogens with one attached hydrogen (secondary N) is 1. The summed E-state index contributed by atoms with van der Waals surface area (Å²) in [7, 11) is 0. The van der Waals surface area contributed by atoms with Gasteiger partial charge >= 0.3 is 0 Å². The van der Waals surface area contributed by atoms with E-state index in [1.165, 1.54) is 11.1 Å². The van der Waals surface area contributed by atoms with Crippen LogP contribution in [0, 0.1) is 13.8 Å². The molecule has 0 spiro atoms. The Hall–Kier alpha value is -3.14. The molecule has 25 heavy (non-hydrogen) atoms. The maximum absolute atomic E-state index is 13.0. The van der Waals surface area contributed by atoms with Gasteiger partial charge in [-0.25, -0.2) is 0 Å². The van der Waals surface area contributed by atoms with Crippen LogP contribution in [-0.2, 0) is 0 Å². The Morgan fingerprint density at radius 3 is 2.40 bits per heavy atom. The Balaban J connectivity index is 1.79. The van der Waals surface area contributed by atoms with Gasteiger partial charge in [-0.15, -0.1) is 0 Å². The first kappa shape index (κ1) is 15.4. The van der Waals surface area contributed by atoms with E-state index in [9.17, 15) is 4.79 Å². The number of pyridine rings is 1. The molecule has 3 aromatic rings. The van der Waals surface area contributed by atoms with Gasteiger partial charge in [-0.05, 0) is 61.4 Å². The molecule has 124 valence electrons. The Labute approximate surface area is 147 Å². The van der Waals surface area contributed by atoms with Gasteiger partial charge in [-0.3, -0.25) is 14.7 Å². The normalized spacial score (nSPS) is 16.0. The lowest BCUT2D eigenvalue weighted by Gasteiger charge is -2.26. The van der Waals surface area contributed by atoms with Crippen molar-refractivity contribution in [3.63, 3.8) is 0 Å². The van der Waals surface area contributed by atoms with Crippen LogP contribution in [0.2, 0.25) is 0 Å². The molecule has 1 atom stereocenters. The van der Waals surface area contributed by atoms with Crippen molar-refractivity contribution in [2.75, 3.05) is 10.2 Å². The molecule has 0 saturated carbocycles. The van der Waals surface area contributed by atoms with Crippen molar-refractivity contribution < 1.29 is 4.79 Å². The van der Waals surface area contributed by atoms with E-state index >= 15 is 0 Å². The maximum atomic E-state index is 13.0. The Morgan fingerprint density at radius 1 is 0.960 bits per heavy atom. The topological polar surface area (TPSA) is 45.2 Å². The summed E-state index contributed by atoms with van der Waals surface area (Å²) < 4.78 is 0. The van der Waals surface area contributed by atoms with Gasteiger partial charge in [-0.2, -0.15) is 0 Å². The van der Waals surface area contributed by atoms with E-state index in [0.717, 1.165) is 17.1 Å². The zero-order chi connectivity index (χ0) is 17.4. The van der Waals surface area contributed by atoms with Crippen molar-refractivity contribution in [1.82, 2.24) is 4.98 Å². The first-order chi connectivity index (χ1) is 12.1. The number of para-hydroxylation sites is 1. The molecule has 2 aromatic carbocycles. The highest BCUT2D eigenvalue weighted by molar-refractivity contribution is 6.11. The minimum absolute atomic E-state index is 0.0313. The van der Waals surface area contributed by atoms with Crippen LogP contribution in [-0.4, -0.2) is 10.9 Å². The van der Waals surface area contributed by atoms with Crippen molar-refractivity contribution in [3.8, 4) is 0 Å². The second-order valence-electron chi connectivity index (χ2n) is 6.37. The molecule has 1 aliphatic heterocycles. The number of nitrogens with zero attached hydrogens (tertiary/aromatic N) is 2. The third kappa shape index (κ3) is 2.76. The van der Waals surface area contributed by atoms with E-state index in [1.54, 1.807) is 17.2 Å². The number of aryl methyl sites for hydroxylation is 2. The van der Waals surface area contributed by atoms with Crippen LogP contribution in [0.1, 0.15) is 33.3 Å². The minimum atomic E-state index is -0.327. The van der Waals surface area contributed by atoms with E-state index in [-0.39, 0.29) is 12.1 Å². The first-order valence-corrected chi connectivity index (χ1v) is 8.32. The fraction of sp³-hybridized carbons (Fsp3) is 0.143. The molecule has 4 nitrogen and oxygen atoms in total. The van der Waals surface area contributed by atoms with Crippen LogP contribution in [0.3, 0.4) is 0 Å². The summed E-state index contributed by atoms with van der Waals surface area (Å²) in [6.07, 6.45) is 1.41. The molecule has 4 rings (SSSR count). The number of benzene rings is 2. The molecule has 0 unspecified atom stereocenters. The van der Waals surface area contributed by atoms with Crippen LogP contribution >= 0.6 is 0 Å². The summed E-state index contributed by atoms with van der Waals surface area (Å²) in [5, 5.41) is 3.50. The molecule has 1 aliphatic rings. The molecule has 1 N–H and O–H groups in total. The lowest BCUT2D eigenvalue weighted by molar-refractivity contribution is 0.0993. The number of carbonyl (C=O) groups is 1. The second kappa shape index (κ2) is 6.06. The number of hydrogen-bond donors (Lipinski definition) is 1.